The molecule has 0 aliphatic rings. The van der Waals surface area contributed by atoms with Crippen LogP contribution in [0.2, 0.25) is 0 Å². The highest BCUT2D eigenvalue weighted by Crippen LogP contribution is 2.43. The van der Waals surface area contributed by atoms with Crippen molar-refractivity contribution in [2.75, 3.05) is 0 Å². The Morgan fingerprint density at radius 2 is 1.00 bits per heavy atom. The summed E-state index contributed by atoms with van der Waals surface area (Å²) in [5.74, 6) is 0. The van der Waals surface area contributed by atoms with Gasteiger partial charge in [-0.25, -0.2) is 0 Å². The zero-order valence-corrected chi connectivity index (χ0v) is 20.0. The van der Waals surface area contributed by atoms with E-state index in [1.807, 2.05) is 0 Å². The molecule has 1 heterocycles. The first-order chi connectivity index (χ1) is 16.8. The SMILES string of the molecule is Brc1c(-c2ccc3c4ccccc4n(-c4ccccc4)c3c2)c2ccccc2c2ccccc12. The van der Waals surface area contributed by atoms with Crippen LogP contribution in [0.3, 0.4) is 0 Å². The summed E-state index contributed by atoms with van der Waals surface area (Å²) in [6.07, 6.45) is 0. The maximum Gasteiger partial charge on any atom is 0.0547 e. The van der Waals surface area contributed by atoms with E-state index in [1.54, 1.807) is 0 Å². The second-order valence-electron chi connectivity index (χ2n) is 8.70. The second-order valence-corrected chi connectivity index (χ2v) is 9.49. The van der Waals surface area contributed by atoms with Gasteiger partial charge in [-0.15, -0.1) is 0 Å². The third-order valence-electron chi connectivity index (χ3n) is 6.85. The summed E-state index contributed by atoms with van der Waals surface area (Å²) >= 11 is 4.00. The molecule has 2 heteroatoms. The lowest BCUT2D eigenvalue weighted by Crippen LogP contribution is -1.93. The molecule has 0 radical (unpaired) electrons. The number of rotatable bonds is 2. The van der Waals surface area contributed by atoms with Crippen LogP contribution in [0, 0.1) is 0 Å². The van der Waals surface area contributed by atoms with Crippen molar-refractivity contribution in [1.82, 2.24) is 4.57 Å². The Morgan fingerprint density at radius 1 is 0.441 bits per heavy atom. The number of nitrogens with zero attached hydrogens (tertiary/aromatic N) is 1. The summed E-state index contributed by atoms with van der Waals surface area (Å²) in [6.45, 7) is 0. The van der Waals surface area contributed by atoms with E-state index in [1.165, 1.54) is 60.2 Å². The summed E-state index contributed by atoms with van der Waals surface area (Å²) in [4.78, 5) is 0. The number of halogens is 1. The van der Waals surface area contributed by atoms with E-state index in [0.717, 1.165) is 4.47 Å². The summed E-state index contributed by atoms with van der Waals surface area (Å²) in [6, 6.07) is 43.6. The maximum atomic E-state index is 4.00. The van der Waals surface area contributed by atoms with E-state index >= 15 is 0 Å². The molecule has 0 saturated carbocycles. The first-order valence-corrected chi connectivity index (χ1v) is 12.3. The van der Waals surface area contributed by atoms with E-state index < -0.39 is 0 Å². The van der Waals surface area contributed by atoms with Gasteiger partial charge in [-0.2, -0.15) is 0 Å². The fourth-order valence-electron chi connectivity index (χ4n) is 5.36. The van der Waals surface area contributed by atoms with Gasteiger partial charge in [-0.3, -0.25) is 0 Å². The quantitative estimate of drug-likeness (QED) is 0.209. The fraction of sp³-hybridized carbons (Fsp3) is 0. The topological polar surface area (TPSA) is 4.93 Å². The second kappa shape index (κ2) is 7.58. The lowest BCUT2D eigenvalue weighted by molar-refractivity contribution is 1.18. The molecule has 7 rings (SSSR count). The summed E-state index contributed by atoms with van der Waals surface area (Å²) in [7, 11) is 0. The molecule has 34 heavy (non-hydrogen) atoms. The van der Waals surface area contributed by atoms with Crippen molar-refractivity contribution < 1.29 is 0 Å². The molecule has 160 valence electrons. The van der Waals surface area contributed by atoms with Crippen LogP contribution in [-0.2, 0) is 0 Å². The Kier molecular flexibility index (Phi) is 4.36. The third kappa shape index (κ3) is 2.79. The van der Waals surface area contributed by atoms with Gasteiger partial charge in [-0.05, 0) is 67.3 Å². The van der Waals surface area contributed by atoms with E-state index in [-0.39, 0.29) is 0 Å². The van der Waals surface area contributed by atoms with Crippen molar-refractivity contribution in [3.05, 3.63) is 126 Å². The van der Waals surface area contributed by atoms with Crippen molar-refractivity contribution in [3.63, 3.8) is 0 Å². The van der Waals surface area contributed by atoms with Crippen molar-refractivity contribution in [1.29, 1.82) is 0 Å². The Hall–Kier alpha value is -3.88. The van der Waals surface area contributed by atoms with E-state index in [4.69, 9.17) is 0 Å². The van der Waals surface area contributed by atoms with Gasteiger partial charge in [0.1, 0.15) is 0 Å². The number of benzene rings is 6. The Morgan fingerprint density at radius 3 is 1.76 bits per heavy atom. The lowest BCUT2D eigenvalue weighted by atomic mass is 9.93. The Labute approximate surface area is 206 Å². The van der Waals surface area contributed by atoms with Gasteiger partial charge in [0.15, 0.2) is 0 Å². The molecule has 0 saturated heterocycles. The molecule has 0 aliphatic heterocycles. The summed E-state index contributed by atoms with van der Waals surface area (Å²) < 4.78 is 3.52. The highest BCUT2D eigenvalue weighted by molar-refractivity contribution is 9.10. The molecule has 1 aromatic heterocycles. The minimum absolute atomic E-state index is 1.14. The molecule has 1 nitrogen and oxygen atoms in total. The van der Waals surface area contributed by atoms with Gasteiger partial charge >= 0.3 is 0 Å². The van der Waals surface area contributed by atoms with Crippen LogP contribution in [-0.4, -0.2) is 4.57 Å². The highest BCUT2D eigenvalue weighted by Gasteiger charge is 2.17. The number of hydrogen-bond acceptors (Lipinski definition) is 0. The Bertz CT molecular complexity index is 1860. The van der Waals surface area contributed by atoms with E-state index in [0.29, 0.717) is 0 Å². The van der Waals surface area contributed by atoms with Gasteiger partial charge in [0, 0.05) is 26.5 Å². The van der Waals surface area contributed by atoms with Crippen LogP contribution >= 0.6 is 15.9 Å². The summed E-state index contributed by atoms with van der Waals surface area (Å²) in [5.41, 5.74) is 6.06. The van der Waals surface area contributed by atoms with Crippen LogP contribution in [0.1, 0.15) is 0 Å². The predicted octanol–water partition coefficient (Wildman–Crippen LogP) is 9.52. The lowest BCUT2D eigenvalue weighted by Gasteiger charge is -2.15. The zero-order chi connectivity index (χ0) is 22.6. The minimum atomic E-state index is 1.14. The van der Waals surface area contributed by atoms with Crippen LogP contribution in [0.25, 0.3) is 60.2 Å². The molecule has 0 unspecified atom stereocenters. The number of hydrogen-bond donors (Lipinski definition) is 0. The molecule has 0 N–H and O–H groups in total. The Balaban J connectivity index is 1.62. The van der Waals surface area contributed by atoms with Crippen molar-refractivity contribution in [3.8, 4) is 16.8 Å². The number of fused-ring (bicyclic) bond motifs is 6. The van der Waals surface area contributed by atoms with E-state index in [2.05, 4.69) is 142 Å². The van der Waals surface area contributed by atoms with Crippen molar-refractivity contribution >= 4 is 59.3 Å². The molecule has 7 aromatic rings. The highest BCUT2D eigenvalue weighted by atomic mass is 79.9. The monoisotopic (exact) mass is 497 g/mol. The molecule has 0 atom stereocenters. The van der Waals surface area contributed by atoms with Crippen molar-refractivity contribution in [2.45, 2.75) is 0 Å². The van der Waals surface area contributed by atoms with E-state index in [9.17, 15) is 0 Å². The molecule has 0 fully saturated rings. The zero-order valence-electron chi connectivity index (χ0n) is 18.4. The van der Waals surface area contributed by atoms with Crippen LogP contribution in [0.5, 0.6) is 0 Å². The fourth-order valence-corrected chi connectivity index (χ4v) is 6.15. The standard InChI is InChI=1S/C32H20BrN/c33-32-28-16-7-5-13-24(28)23-12-4-6-15-27(23)31(32)21-18-19-26-25-14-8-9-17-29(25)34(30(26)20-21)22-10-2-1-3-11-22/h1-20H. The molecule has 6 aromatic carbocycles. The smallest absolute Gasteiger partial charge is 0.0547 e. The first kappa shape index (κ1) is 19.6. The minimum Gasteiger partial charge on any atom is -0.309 e. The molecular formula is C32H20BrN. The normalized spacial score (nSPS) is 11.7. The average molecular weight is 498 g/mol. The van der Waals surface area contributed by atoms with Crippen LogP contribution < -0.4 is 0 Å². The molecule has 0 aliphatic carbocycles. The van der Waals surface area contributed by atoms with Gasteiger partial charge in [0.2, 0.25) is 0 Å². The number of para-hydroxylation sites is 2. The average Bonchev–Trinajstić information content (AvgIpc) is 3.23. The summed E-state index contributed by atoms with van der Waals surface area (Å²) in [5, 5.41) is 7.59. The predicted molar refractivity (Wildman–Crippen MR) is 149 cm³/mol. The molecule has 0 amide bonds. The van der Waals surface area contributed by atoms with Gasteiger partial charge < -0.3 is 4.57 Å². The third-order valence-corrected chi connectivity index (χ3v) is 7.67. The van der Waals surface area contributed by atoms with Crippen LogP contribution in [0.15, 0.2) is 126 Å². The molecule has 0 spiro atoms. The van der Waals surface area contributed by atoms with Gasteiger partial charge in [0.25, 0.3) is 0 Å². The molecular weight excluding hydrogens is 478 g/mol. The number of aromatic nitrogens is 1. The molecule has 0 bridgehead atoms. The van der Waals surface area contributed by atoms with Gasteiger partial charge in [-0.1, -0.05) is 97.1 Å². The first-order valence-electron chi connectivity index (χ1n) is 11.5. The maximum absolute atomic E-state index is 4.00. The van der Waals surface area contributed by atoms with Crippen molar-refractivity contribution in [2.24, 2.45) is 0 Å². The van der Waals surface area contributed by atoms with Gasteiger partial charge in [0.05, 0.1) is 11.0 Å². The van der Waals surface area contributed by atoms with Crippen LogP contribution in [0.4, 0.5) is 0 Å². The largest absolute Gasteiger partial charge is 0.309 e.